The summed E-state index contributed by atoms with van der Waals surface area (Å²) in [6, 6.07) is 7.73. The lowest BCUT2D eigenvalue weighted by Gasteiger charge is -2.36. The highest BCUT2D eigenvalue weighted by Crippen LogP contribution is 2.50. The summed E-state index contributed by atoms with van der Waals surface area (Å²) in [6.45, 7) is 6.13. The Bertz CT molecular complexity index is 694. The van der Waals surface area contributed by atoms with Crippen LogP contribution >= 0.6 is 0 Å². The number of aliphatic imine (C=N–C) groups is 1. The van der Waals surface area contributed by atoms with Gasteiger partial charge in [-0.3, -0.25) is 0 Å². The summed E-state index contributed by atoms with van der Waals surface area (Å²) in [4.78, 5) is 4.88. The van der Waals surface area contributed by atoms with Crippen molar-refractivity contribution in [2.75, 3.05) is 0 Å². The van der Waals surface area contributed by atoms with Gasteiger partial charge in [0.05, 0.1) is 18.0 Å². The minimum Gasteiger partial charge on any atom is -0.402 e. The lowest BCUT2D eigenvalue weighted by molar-refractivity contribution is 0.258. The smallest absolute Gasteiger partial charge is 0.0709 e. The molecule has 1 spiro atoms. The van der Waals surface area contributed by atoms with E-state index in [2.05, 4.69) is 6.58 Å². The third kappa shape index (κ3) is 3.32. The summed E-state index contributed by atoms with van der Waals surface area (Å²) in [5.41, 5.74) is 12.5. The molecular formula is C21H28N2O. The van der Waals surface area contributed by atoms with E-state index in [1.54, 1.807) is 0 Å². The van der Waals surface area contributed by atoms with Gasteiger partial charge in [0.25, 0.3) is 0 Å². The highest BCUT2D eigenvalue weighted by Gasteiger charge is 2.38. The fourth-order valence-corrected chi connectivity index (χ4v) is 4.21. The molecule has 3 nitrogen and oxygen atoms in total. The maximum absolute atomic E-state index is 9.57. The molecule has 3 heteroatoms. The van der Waals surface area contributed by atoms with E-state index in [9.17, 15) is 5.11 Å². The van der Waals surface area contributed by atoms with E-state index in [1.165, 1.54) is 37.7 Å². The van der Waals surface area contributed by atoms with Gasteiger partial charge >= 0.3 is 0 Å². The minimum absolute atomic E-state index is 0.0123. The predicted molar refractivity (Wildman–Crippen MR) is 100 cm³/mol. The molecule has 2 aliphatic rings. The molecule has 0 bridgehead atoms. The van der Waals surface area contributed by atoms with Gasteiger partial charge in [0, 0.05) is 11.3 Å². The molecule has 0 amide bonds. The first-order valence-electron chi connectivity index (χ1n) is 8.96. The Morgan fingerprint density at radius 2 is 1.96 bits per heavy atom. The van der Waals surface area contributed by atoms with Gasteiger partial charge in [0.1, 0.15) is 0 Å². The van der Waals surface area contributed by atoms with Crippen LogP contribution in [0.3, 0.4) is 0 Å². The average Bonchev–Trinajstić information content (AvgIpc) is 3.03. The number of nitrogens with two attached hydrogens (primary N) is 1. The van der Waals surface area contributed by atoms with E-state index in [-0.39, 0.29) is 6.61 Å². The SMILES string of the molecule is C=C(C)C(=Nc1ccccc1CO)C1=C(N)CCC2(CCCC2)C1. The van der Waals surface area contributed by atoms with Crippen molar-refractivity contribution in [1.82, 2.24) is 0 Å². The number of allylic oxidation sites excluding steroid dienone is 3. The number of para-hydroxylation sites is 1. The van der Waals surface area contributed by atoms with E-state index in [4.69, 9.17) is 10.7 Å². The molecule has 0 radical (unpaired) electrons. The normalized spacial score (nSPS) is 20.7. The molecular weight excluding hydrogens is 296 g/mol. The minimum atomic E-state index is -0.0123. The van der Waals surface area contributed by atoms with E-state index >= 15 is 0 Å². The largest absolute Gasteiger partial charge is 0.402 e. The van der Waals surface area contributed by atoms with Crippen LogP contribution in [0.15, 0.2) is 52.7 Å². The summed E-state index contributed by atoms with van der Waals surface area (Å²) in [7, 11) is 0. The van der Waals surface area contributed by atoms with Crippen molar-refractivity contribution >= 4 is 11.4 Å². The van der Waals surface area contributed by atoms with Crippen molar-refractivity contribution in [2.24, 2.45) is 16.1 Å². The van der Waals surface area contributed by atoms with Gasteiger partial charge < -0.3 is 10.8 Å². The van der Waals surface area contributed by atoms with Crippen LogP contribution in [0.4, 0.5) is 5.69 Å². The van der Waals surface area contributed by atoms with Gasteiger partial charge in [-0.2, -0.15) is 0 Å². The highest BCUT2D eigenvalue weighted by molar-refractivity contribution is 6.13. The van der Waals surface area contributed by atoms with Crippen LogP contribution in [0.5, 0.6) is 0 Å². The lowest BCUT2D eigenvalue weighted by atomic mass is 9.70. The molecule has 1 fully saturated rings. The highest BCUT2D eigenvalue weighted by atomic mass is 16.3. The molecule has 0 aliphatic heterocycles. The molecule has 1 aromatic carbocycles. The van der Waals surface area contributed by atoms with Crippen LogP contribution in [-0.2, 0) is 6.61 Å². The molecule has 3 N–H and O–H groups in total. The molecule has 0 aromatic heterocycles. The van der Waals surface area contributed by atoms with E-state index in [0.29, 0.717) is 5.41 Å². The van der Waals surface area contributed by atoms with Gasteiger partial charge in [0.15, 0.2) is 0 Å². The number of nitrogens with zero attached hydrogens (tertiary/aromatic N) is 1. The monoisotopic (exact) mass is 324 g/mol. The van der Waals surface area contributed by atoms with Crippen LogP contribution < -0.4 is 5.73 Å². The van der Waals surface area contributed by atoms with Crippen molar-refractivity contribution in [3.05, 3.63) is 53.3 Å². The maximum atomic E-state index is 9.57. The van der Waals surface area contributed by atoms with Gasteiger partial charge in [-0.25, -0.2) is 4.99 Å². The van der Waals surface area contributed by atoms with Gasteiger partial charge in [0.2, 0.25) is 0 Å². The first-order valence-corrected chi connectivity index (χ1v) is 8.96. The summed E-state index contributed by atoms with van der Waals surface area (Å²) in [5, 5.41) is 9.57. The molecule has 1 saturated carbocycles. The molecule has 1 aromatic rings. The number of aliphatic hydroxyl groups excluding tert-OH is 1. The Morgan fingerprint density at radius 1 is 1.25 bits per heavy atom. The summed E-state index contributed by atoms with van der Waals surface area (Å²) >= 11 is 0. The molecule has 24 heavy (non-hydrogen) atoms. The van der Waals surface area contributed by atoms with Crippen molar-refractivity contribution in [3.8, 4) is 0 Å². The van der Waals surface area contributed by atoms with E-state index < -0.39 is 0 Å². The number of hydrogen-bond acceptors (Lipinski definition) is 3. The molecule has 0 heterocycles. The summed E-state index contributed by atoms with van der Waals surface area (Å²) in [6.07, 6.45) is 8.47. The Balaban J connectivity index is 2.01. The zero-order valence-corrected chi connectivity index (χ0v) is 14.6. The molecule has 2 aliphatic carbocycles. The Morgan fingerprint density at radius 3 is 2.62 bits per heavy atom. The fraction of sp³-hybridized carbons (Fsp3) is 0.476. The second kappa shape index (κ2) is 6.94. The van der Waals surface area contributed by atoms with E-state index in [1.807, 2.05) is 31.2 Å². The quantitative estimate of drug-likeness (QED) is 0.783. The fourth-order valence-electron chi connectivity index (χ4n) is 4.21. The number of benzene rings is 1. The van der Waals surface area contributed by atoms with E-state index in [0.717, 1.165) is 41.1 Å². The number of rotatable bonds is 4. The third-order valence-corrected chi connectivity index (χ3v) is 5.61. The van der Waals surface area contributed by atoms with Gasteiger partial charge in [-0.15, -0.1) is 0 Å². The zero-order valence-electron chi connectivity index (χ0n) is 14.6. The maximum Gasteiger partial charge on any atom is 0.0709 e. The lowest BCUT2D eigenvalue weighted by Crippen LogP contribution is -2.28. The summed E-state index contributed by atoms with van der Waals surface area (Å²) in [5.74, 6) is 0. The van der Waals surface area contributed by atoms with Crippen LogP contribution in [0.1, 0.15) is 57.4 Å². The first kappa shape index (κ1) is 17.0. The number of hydrogen-bond donors (Lipinski definition) is 2. The van der Waals surface area contributed by atoms with Crippen molar-refractivity contribution < 1.29 is 5.11 Å². The van der Waals surface area contributed by atoms with Gasteiger partial charge in [-0.1, -0.05) is 37.6 Å². The zero-order chi connectivity index (χ0) is 17.2. The third-order valence-electron chi connectivity index (χ3n) is 5.61. The first-order chi connectivity index (χ1) is 11.5. The topological polar surface area (TPSA) is 58.6 Å². The Hall–Kier alpha value is -1.87. The second-order valence-electron chi connectivity index (χ2n) is 7.42. The van der Waals surface area contributed by atoms with Crippen molar-refractivity contribution in [2.45, 2.75) is 58.5 Å². The van der Waals surface area contributed by atoms with Crippen LogP contribution in [0.2, 0.25) is 0 Å². The van der Waals surface area contributed by atoms with Gasteiger partial charge in [-0.05, 0) is 61.7 Å². The van der Waals surface area contributed by atoms with Crippen LogP contribution in [0, 0.1) is 5.41 Å². The molecule has 3 rings (SSSR count). The van der Waals surface area contributed by atoms with Crippen molar-refractivity contribution in [3.63, 3.8) is 0 Å². The van der Waals surface area contributed by atoms with Crippen molar-refractivity contribution in [1.29, 1.82) is 0 Å². The Kier molecular flexibility index (Phi) is 4.91. The van der Waals surface area contributed by atoms with Crippen LogP contribution in [-0.4, -0.2) is 10.8 Å². The molecule has 0 atom stereocenters. The molecule has 128 valence electrons. The predicted octanol–water partition coefficient (Wildman–Crippen LogP) is 4.78. The van der Waals surface area contributed by atoms with Crippen LogP contribution in [0.25, 0.3) is 0 Å². The Labute approximate surface area is 145 Å². The summed E-state index contributed by atoms with van der Waals surface area (Å²) < 4.78 is 0. The molecule has 0 saturated heterocycles. The number of aliphatic hydroxyl groups is 1. The second-order valence-corrected chi connectivity index (χ2v) is 7.42. The molecule has 0 unspecified atom stereocenters. The average molecular weight is 324 g/mol. The standard InChI is InChI=1S/C21H28N2O/c1-15(2)20(23-19-8-4-3-7-16(19)14-24)17-13-21(10-5-6-11-21)12-9-18(17)22/h3-4,7-8,24H,1,5-6,9-14,22H2,2H3.